The van der Waals surface area contributed by atoms with Gasteiger partial charge in [0.2, 0.25) is 0 Å². The number of pyridine rings is 1. The minimum Gasteiger partial charge on any atom is -0.314 e. The summed E-state index contributed by atoms with van der Waals surface area (Å²) in [6, 6.07) is 5.72. The summed E-state index contributed by atoms with van der Waals surface area (Å²) < 4.78 is 0. The highest BCUT2D eigenvalue weighted by molar-refractivity contribution is 5.09. The molecule has 1 fully saturated rings. The molecular weight excluding hydrogens is 234 g/mol. The second-order valence-electron chi connectivity index (χ2n) is 5.66. The Morgan fingerprint density at radius 3 is 2.84 bits per heavy atom. The van der Waals surface area contributed by atoms with Gasteiger partial charge in [-0.05, 0) is 57.0 Å². The molecule has 1 saturated carbocycles. The van der Waals surface area contributed by atoms with E-state index in [1.54, 1.807) is 0 Å². The van der Waals surface area contributed by atoms with Crippen molar-refractivity contribution < 1.29 is 0 Å². The van der Waals surface area contributed by atoms with Crippen molar-refractivity contribution >= 4 is 0 Å². The maximum absolute atomic E-state index is 4.07. The molecule has 1 N–H and O–H groups in total. The standard InChI is InChI=1S/C16H27N3/c1-3-18-15-5-4-6-16(13-15)19(2)12-9-14-7-10-17-11-8-14/h7-8,10-11,15-16,18H,3-6,9,12-13H2,1-2H3. The maximum Gasteiger partial charge on any atom is 0.0270 e. The van der Waals surface area contributed by atoms with E-state index in [2.05, 4.69) is 41.3 Å². The van der Waals surface area contributed by atoms with Crippen LogP contribution in [-0.2, 0) is 6.42 Å². The van der Waals surface area contributed by atoms with Crippen LogP contribution in [0.1, 0.15) is 38.2 Å². The zero-order chi connectivity index (χ0) is 13.5. The average Bonchev–Trinajstić information content (AvgIpc) is 2.46. The lowest BCUT2D eigenvalue weighted by atomic mass is 9.90. The fourth-order valence-corrected chi connectivity index (χ4v) is 3.08. The van der Waals surface area contributed by atoms with Gasteiger partial charge in [-0.2, -0.15) is 0 Å². The van der Waals surface area contributed by atoms with Gasteiger partial charge >= 0.3 is 0 Å². The molecule has 0 radical (unpaired) electrons. The minimum absolute atomic E-state index is 0.729. The molecule has 0 amide bonds. The first-order valence-corrected chi connectivity index (χ1v) is 7.62. The van der Waals surface area contributed by atoms with Crippen LogP contribution in [0.15, 0.2) is 24.5 Å². The molecule has 106 valence electrons. The van der Waals surface area contributed by atoms with Gasteiger partial charge in [-0.1, -0.05) is 13.3 Å². The highest BCUT2D eigenvalue weighted by Crippen LogP contribution is 2.22. The zero-order valence-corrected chi connectivity index (χ0v) is 12.3. The summed E-state index contributed by atoms with van der Waals surface area (Å²) in [7, 11) is 2.28. The Kier molecular flexibility index (Phi) is 5.80. The van der Waals surface area contributed by atoms with Crippen LogP contribution in [0.5, 0.6) is 0 Å². The predicted molar refractivity (Wildman–Crippen MR) is 80.3 cm³/mol. The molecule has 0 aromatic carbocycles. The monoisotopic (exact) mass is 261 g/mol. The van der Waals surface area contributed by atoms with Crippen LogP contribution < -0.4 is 5.32 Å². The summed E-state index contributed by atoms with van der Waals surface area (Å²) >= 11 is 0. The molecule has 1 aromatic rings. The lowest BCUT2D eigenvalue weighted by Gasteiger charge is -2.35. The van der Waals surface area contributed by atoms with Crippen molar-refractivity contribution in [2.24, 2.45) is 0 Å². The van der Waals surface area contributed by atoms with Crippen molar-refractivity contribution in [1.82, 2.24) is 15.2 Å². The van der Waals surface area contributed by atoms with Crippen molar-refractivity contribution in [2.45, 2.75) is 51.1 Å². The van der Waals surface area contributed by atoms with Crippen LogP contribution in [0.3, 0.4) is 0 Å². The predicted octanol–water partition coefficient (Wildman–Crippen LogP) is 2.48. The third kappa shape index (κ3) is 4.59. The lowest BCUT2D eigenvalue weighted by molar-refractivity contribution is 0.171. The average molecular weight is 261 g/mol. The molecule has 2 atom stereocenters. The molecule has 2 unspecified atom stereocenters. The van der Waals surface area contributed by atoms with E-state index >= 15 is 0 Å². The Balaban J connectivity index is 1.77. The van der Waals surface area contributed by atoms with Crippen molar-refractivity contribution in [3.05, 3.63) is 30.1 Å². The second-order valence-corrected chi connectivity index (χ2v) is 5.66. The van der Waals surface area contributed by atoms with E-state index in [4.69, 9.17) is 0 Å². The van der Waals surface area contributed by atoms with Crippen LogP contribution in [0.25, 0.3) is 0 Å². The van der Waals surface area contributed by atoms with Gasteiger partial charge in [-0.3, -0.25) is 4.98 Å². The fraction of sp³-hybridized carbons (Fsp3) is 0.688. The van der Waals surface area contributed by atoms with E-state index in [0.717, 1.165) is 31.6 Å². The highest BCUT2D eigenvalue weighted by Gasteiger charge is 2.23. The quantitative estimate of drug-likeness (QED) is 0.852. The first-order valence-electron chi connectivity index (χ1n) is 7.62. The number of hydrogen-bond donors (Lipinski definition) is 1. The Morgan fingerprint density at radius 1 is 1.32 bits per heavy atom. The fourth-order valence-electron chi connectivity index (χ4n) is 3.08. The molecule has 0 aliphatic heterocycles. The third-order valence-electron chi connectivity index (χ3n) is 4.27. The smallest absolute Gasteiger partial charge is 0.0270 e. The summed E-state index contributed by atoms with van der Waals surface area (Å²) in [5.74, 6) is 0. The van der Waals surface area contributed by atoms with Gasteiger partial charge in [0.25, 0.3) is 0 Å². The molecule has 0 saturated heterocycles. The van der Waals surface area contributed by atoms with E-state index < -0.39 is 0 Å². The molecular formula is C16H27N3. The number of rotatable bonds is 6. The van der Waals surface area contributed by atoms with E-state index in [0.29, 0.717) is 0 Å². The third-order valence-corrected chi connectivity index (χ3v) is 4.27. The molecule has 1 aliphatic rings. The summed E-state index contributed by atoms with van der Waals surface area (Å²) in [5, 5.41) is 3.61. The van der Waals surface area contributed by atoms with Crippen molar-refractivity contribution in [2.75, 3.05) is 20.1 Å². The SMILES string of the molecule is CCNC1CCCC(N(C)CCc2ccncc2)C1. The van der Waals surface area contributed by atoms with E-state index in [-0.39, 0.29) is 0 Å². The number of aromatic nitrogens is 1. The van der Waals surface area contributed by atoms with Crippen LogP contribution in [0, 0.1) is 0 Å². The molecule has 0 bridgehead atoms. The molecule has 1 aliphatic carbocycles. The molecule has 19 heavy (non-hydrogen) atoms. The first kappa shape index (κ1) is 14.5. The summed E-state index contributed by atoms with van der Waals surface area (Å²) in [4.78, 5) is 6.62. The maximum atomic E-state index is 4.07. The molecule has 1 heterocycles. The van der Waals surface area contributed by atoms with Gasteiger partial charge in [0.15, 0.2) is 0 Å². The zero-order valence-electron chi connectivity index (χ0n) is 12.3. The topological polar surface area (TPSA) is 28.2 Å². The Hall–Kier alpha value is -0.930. The minimum atomic E-state index is 0.729. The normalized spacial score (nSPS) is 23.7. The van der Waals surface area contributed by atoms with Crippen LogP contribution in [0.2, 0.25) is 0 Å². The van der Waals surface area contributed by atoms with Crippen LogP contribution >= 0.6 is 0 Å². The van der Waals surface area contributed by atoms with Gasteiger partial charge in [0.1, 0.15) is 0 Å². The summed E-state index contributed by atoms with van der Waals surface area (Å²) in [5.41, 5.74) is 1.39. The van der Waals surface area contributed by atoms with Gasteiger partial charge < -0.3 is 10.2 Å². The van der Waals surface area contributed by atoms with E-state index in [1.165, 1.54) is 31.2 Å². The van der Waals surface area contributed by atoms with Gasteiger partial charge in [-0.15, -0.1) is 0 Å². The molecule has 1 aromatic heterocycles. The lowest BCUT2D eigenvalue weighted by Crippen LogP contribution is -2.43. The van der Waals surface area contributed by atoms with Crippen molar-refractivity contribution in [3.8, 4) is 0 Å². The Bertz CT molecular complexity index is 350. The Labute approximate surface area is 117 Å². The number of hydrogen-bond acceptors (Lipinski definition) is 3. The largest absolute Gasteiger partial charge is 0.314 e. The summed E-state index contributed by atoms with van der Waals surface area (Å²) in [6.07, 6.45) is 10.3. The first-order chi connectivity index (χ1) is 9.29. The van der Waals surface area contributed by atoms with Gasteiger partial charge in [0.05, 0.1) is 0 Å². The Morgan fingerprint density at radius 2 is 2.11 bits per heavy atom. The van der Waals surface area contributed by atoms with Crippen molar-refractivity contribution in [1.29, 1.82) is 0 Å². The van der Waals surface area contributed by atoms with Crippen molar-refractivity contribution in [3.63, 3.8) is 0 Å². The van der Waals surface area contributed by atoms with Gasteiger partial charge in [-0.25, -0.2) is 0 Å². The molecule has 0 spiro atoms. The molecule has 2 rings (SSSR count). The molecule has 3 heteroatoms. The number of likely N-dealkylation sites (N-methyl/N-ethyl adjacent to an activating group) is 1. The number of nitrogens with zero attached hydrogens (tertiary/aromatic N) is 2. The van der Waals surface area contributed by atoms with Crippen LogP contribution in [-0.4, -0.2) is 42.1 Å². The van der Waals surface area contributed by atoms with Gasteiger partial charge in [0, 0.05) is 31.0 Å². The summed E-state index contributed by atoms with van der Waals surface area (Å²) in [6.45, 7) is 4.45. The highest BCUT2D eigenvalue weighted by atomic mass is 15.1. The van der Waals surface area contributed by atoms with Crippen LogP contribution in [0.4, 0.5) is 0 Å². The molecule has 3 nitrogen and oxygen atoms in total. The second kappa shape index (κ2) is 7.61. The van der Waals surface area contributed by atoms with E-state index in [1.807, 2.05) is 12.4 Å². The van der Waals surface area contributed by atoms with E-state index in [9.17, 15) is 0 Å². The number of nitrogens with one attached hydrogen (secondary N) is 1.